The first-order valence-corrected chi connectivity index (χ1v) is 6.29. The average Bonchev–Trinajstić information content (AvgIpc) is 2.31. The third kappa shape index (κ3) is 2.64. The van der Waals surface area contributed by atoms with Gasteiger partial charge in [0.05, 0.1) is 15.7 Å². The fraction of sp³-hybridized carbons (Fsp3) is 0.0909. The smallest absolute Gasteiger partial charge is 0.227 e. The van der Waals surface area contributed by atoms with E-state index in [1.165, 1.54) is 0 Å². The van der Waals surface area contributed by atoms with Gasteiger partial charge in [-0.15, -0.1) is 0 Å². The van der Waals surface area contributed by atoms with Crippen LogP contribution < -0.4 is 5.32 Å². The lowest BCUT2D eigenvalue weighted by Gasteiger charge is -2.03. The van der Waals surface area contributed by atoms with Crippen LogP contribution in [-0.2, 0) is 10.8 Å². The number of nitrogens with one attached hydrogen (secondary N) is 1. The molecular weight excluding hydrogens is 222 g/mol. The second kappa shape index (κ2) is 4.85. The molecule has 0 fully saturated rings. The molecule has 1 N–H and O–H groups in total. The second-order valence-electron chi connectivity index (χ2n) is 3.19. The van der Waals surface area contributed by atoms with Crippen molar-refractivity contribution < 1.29 is 4.21 Å². The maximum Gasteiger partial charge on any atom is 0.227 e. The van der Waals surface area contributed by atoms with Crippen LogP contribution in [0.25, 0.3) is 0 Å². The quantitative estimate of drug-likeness (QED) is 0.880. The van der Waals surface area contributed by atoms with Crippen molar-refractivity contribution in [2.45, 2.75) is 4.90 Å². The molecule has 1 heterocycles. The summed E-state index contributed by atoms with van der Waals surface area (Å²) in [6.45, 7) is 0. The Morgan fingerprint density at radius 3 is 2.31 bits per heavy atom. The van der Waals surface area contributed by atoms with Crippen LogP contribution in [0.1, 0.15) is 0 Å². The van der Waals surface area contributed by atoms with E-state index in [1.807, 2.05) is 30.3 Å². The summed E-state index contributed by atoms with van der Waals surface area (Å²) in [4.78, 5) is 8.78. The fourth-order valence-corrected chi connectivity index (χ4v) is 1.58. The lowest BCUT2D eigenvalue weighted by Crippen LogP contribution is -1.98. The van der Waals surface area contributed by atoms with Crippen molar-refractivity contribution in [2.75, 3.05) is 11.6 Å². The standard InChI is InChI=1S/C11H11N3OS/c1-16(15)10-7-12-11(13-8-10)14-9-5-3-2-4-6-9/h2-8H,1H3,(H,12,13,14). The van der Waals surface area contributed by atoms with Crippen molar-refractivity contribution in [3.63, 3.8) is 0 Å². The normalized spacial score (nSPS) is 12.1. The molecule has 0 saturated heterocycles. The number of anilines is 2. The number of aromatic nitrogens is 2. The Kier molecular flexibility index (Phi) is 3.26. The summed E-state index contributed by atoms with van der Waals surface area (Å²) in [5, 5.41) is 3.05. The molecule has 0 bridgehead atoms. The number of benzene rings is 1. The number of nitrogens with zero attached hydrogens (tertiary/aromatic N) is 2. The fourth-order valence-electron chi connectivity index (χ4n) is 1.18. The van der Waals surface area contributed by atoms with Crippen LogP contribution in [0.5, 0.6) is 0 Å². The first-order valence-electron chi connectivity index (χ1n) is 4.73. The van der Waals surface area contributed by atoms with E-state index in [0.717, 1.165) is 5.69 Å². The summed E-state index contributed by atoms with van der Waals surface area (Å²) in [7, 11) is -1.04. The highest BCUT2D eigenvalue weighted by atomic mass is 32.2. The van der Waals surface area contributed by atoms with Gasteiger partial charge in [0.25, 0.3) is 0 Å². The van der Waals surface area contributed by atoms with Crippen LogP contribution in [0.2, 0.25) is 0 Å². The van der Waals surface area contributed by atoms with Crippen molar-refractivity contribution in [1.82, 2.24) is 9.97 Å². The van der Waals surface area contributed by atoms with Gasteiger partial charge in [0.1, 0.15) is 0 Å². The van der Waals surface area contributed by atoms with Crippen LogP contribution in [0.15, 0.2) is 47.6 Å². The Morgan fingerprint density at radius 2 is 1.75 bits per heavy atom. The van der Waals surface area contributed by atoms with Gasteiger partial charge in [-0.05, 0) is 12.1 Å². The molecule has 1 aromatic carbocycles. The maximum atomic E-state index is 11.1. The molecule has 1 aromatic heterocycles. The van der Waals surface area contributed by atoms with Gasteiger partial charge in [0.2, 0.25) is 5.95 Å². The number of rotatable bonds is 3. The number of hydrogen-bond donors (Lipinski definition) is 1. The van der Waals surface area contributed by atoms with E-state index in [2.05, 4.69) is 15.3 Å². The van der Waals surface area contributed by atoms with Gasteiger partial charge in [-0.2, -0.15) is 0 Å². The highest BCUT2D eigenvalue weighted by molar-refractivity contribution is 7.84. The third-order valence-electron chi connectivity index (χ3n) is 1.99. The third-order valence-corrected chi connectivity index (χ3v) is 2.86. The molecule has 0 aliphatic carbocycles. The monoisotopic (exact) mass is 233 g/mol. The van der Waals surface area contributed by atoms with E-state index < -0.39 is 10.8 Å². The van der Waals surface area contributed by atoms with Crippen molar-refractivity contribution >= 4 is 22.4 Å². The van der Waals surface area contributed by atoms with Crippen LogP contribution in [-0.4, -0.2) is 20.4 Å². The maximum absolute atomic E-state index is 11.1. The minimum atomic E-state index is -1.04. The SMILES string of the molecule is CS(=O)c1cnc(Nc2ccccc2)nc1. The number of para-hydroxylation sites is 1. The lowest BCUT2D eigenvalue weighted by atomic mass is 10.3. The summed E-state index contributed by atoms with van der Waals surface area (Å²) < 4.78 is 11.1. The topological polar surface area (TPSA) is 54.9 Å². The lowest BCUT2D eigenvalue weighted by molar-refractivity contribution is 0.686. The Labute approximate surface area is 96.2 Å². The van der Waals surface area contributed by atoms with Crippen LogP contribution >= 0.6 is 0 Å². The molecule has 82 valence electrons. The van der Waals surface area contributed by atoms with Gasteiger partial charge in [0, 0.05) is 24.3 Å². The van der Waals surface area contributed by atoms with Crippen molar-refractivity contribution in [3.05, 3.63) is 42.7 Å². The molecule has 0 radical (unpaired) electrons. The molecule has 2 aromatic rings. The zero-order valence-electron chi connectivity index (χ0n) is 8.75. The zero-order chi connectivity index (χ0) is 11.4. The molecular formula is C11H11N3OS. The van der Waals surface area contributed by atoms with Crippen LogP contribution in [0.3, 0.4) is 0 Å². The molecule has 5 heteroatoms. The molecule has 0 saturated carbocycles. The van der Waals surface area contributed by atoms with E-state index in [9.17, 15) is 4.21 Å². The van der Waals surface area contributed by atoms with Gasteiger partial charge in [-0.1, -0.05) is 18.2 Å². The molecule has 1 unspecified atom stereocenters. The van der Waals surface area contributed by atoms with E-state index in [4.69, 9.17) is 0 Å². The van der Waals surface area contributed by atoms with Crippen molar-refractivity contribution in [2.24, 2.45) is 0 Å². The van der Waals surface area contributed by atoms with E-state index in [0.29, 0.717) is 10.8 Å². The molecule has 0 spiro atoms. The first kappa shape index (κ1) is 10.8. The summed E-state index contributed by atoms with van der Waals surface area (Å²) >= 11 is 0. The highest BCUT2D eigenvalue weighted by Gasteiger charge is 2.00. The van der Waals surface area contributed by atoms with Gasteiger partial charge >= 0.3 is 0 Å². The Hall–Kier alpha value is -1.75. The molecule has 0 aliphatic rings. The van der Waals surface area contributed by atoms with Crippen molar-refractivity contribution in [1.29, 1.82) is 0 Å². The van der Waals surface area contributed by atoms with Gasteiger partial charge in [0.15, 0.2) is 0 Å². The minimum absolute atomic E-state index is 0.500. The summed E-state index contributed by atoms with van der Waals surface area (Å²) in [6.07, 6.45) is 4.73. The number of hydrogen-bond acceptors (Lipinski definition) is 4. The van der Waals surface area contributed by atoms with Crippen LogP contribution in [0, 0.1) is 0 Å². The Bertz CT molecular complexity index is 484. The molecule has 16 heavy (non-hydrogen) atoms. The van der Waals surface area contributed by atoms with Crippen LogP contribution in [0.4, 0.5) is 11.6 Å². The highest BCUT2D eigenvalue weighted by Crippen LogP contribution is 2.11. The summed E-state index contributed by atoms with van der Waals surface area (Å²) in [5.74, 6) is 0.500. The van der Waals surface area contributed by atoms with Gasteiger partial charge in [-0.3, -0.25) is 4.21 Å². The Morgan fingerprint density at radius 1 is 1.12 bits per heavy atom. The Balaban J connectivity index is 2.14. The predicted molar refractivity (Wildman–Crippen MR) is 64.1 cm³/mol. The minimum Gasteiger partial charge on any atom is -0.324 e. The molecule has 2 rings (SSSR count). The predicted octanol–water partition coefficient (Wildman–Crippen LogP) is 1.96. The van der Waals surface area contributed by atoms with Gasteiger partial charge < -0.3 is 5.32 Å². The van der Waals surface area contributed by atoms with E-state index >= 15 is 0 Å². The van der Waals surface area contributed by atoms with E-state index in [1.54, 1.807) is 18.6 Å². The molecule has 0 amide bonds. The van der Waals surface area contributed by atoms with Crippen molar-refractivity contribution in [3.8, 4) is 0 Å². The average molecular weight is 233 g/mol. The molecule has 0 aliphatic heterocycles. The molecule has 1 atom stereocenters. The largest absolute Gasteiger partial charge is 0.324 e. The zero-order valence-corrected chi connectivity index (χ0v) is 9.57. The molecule has 4 nitrogen and oxygen atoms in total. The second-order valence-corrected chi connectivity index (χ2v) is 4.57. The summed E-state index contributed by atoms with van der Waals surface area (Å²) in [6, 6.07) is 9.65. The first-order chi connectivity index (χ1) is 7.75. The van der Waals surface area contributed by atoms with Gasteiger partial charge in [-0.25, -0.2) is 9.97 Å². The summed E-state index contributed by atoms with van der Waals surface area (Å²) in [5.41, 5.74) is 0.924. The van der Waals surface area contributed by atoms with E-state index in [-0.39, 0.29) is 0 Å².